The van der Waals surface area contributed by atoms with Crippen LogP contribution in [0.2, 0.25) is 5.02 Å². The standard InChI is InChI=1S/C38H46ClN3O5/c1-9-27-15-19-29(20-16-27)34(35(44)41-33-25(4)11-10-12-31(33)39)42(26(5)14-13-24(2)3)36(45)32(40-37(46)47-38(6,7)8)23-28-17-21-30(43)22-18-28/h1,10-12,15-22,24,26,32,34,43H,13-14,23H2,2-8H3,(H,40,46)(H,41,44). The highest BCUT2D eigenvalue weighted by Crippen LogP contribution is 2.32. The SMILES string of the molecule is C#Cc1ccc(C(C(=O)Nc2c(C)cccc2Cl)N(C(=O)C(Cc2ccc(O)cc2)NC(=O)OC(C)(C)C)C(C)CCC(C)C)cc1. The molecular weight excluding hydrogens is 614 g/mol. The Morgan fingerprint density at radius 1 is 0.979 bits per heavy atom. The maximum absolute atomic E-state index is 14.9. The number of anilines is 1. The van der Waals surface area contributed by atoms with Crippen LogP contribution in [0.1, 0.15) is 82.7 Å². The lowest BCUT2D eigenvalue weighted by molar-refractivity contribution is -0.143. The van der Waals surface area contributed by atoms with Gasteiger partial charge in [-0.2, -0.15) is 0 Å². The Morgan fingerprint density at radius 3 is 2.17 bits per heavy atom. The lowest BCUT2D eigenvalue weighted by Gasteiger charge is -2.39. The number of phenolic OH excluding ortho intramolecular Hbond substituents is 1. The molecule has 0 aromatic heterocycles. The van der Waals surface area contributed by atoms with Crippen molar-refractivity contribution in [3.8, 4) is 18.1 Å². The minimum atomic E-state index is -1.12. The van der Waals surface area contributed by atoms with Crippen molar-refractivity contribution in [2.45, 2.75) is 91.5 Å². The van der Waals surface area contributed by atoms with Crippen LogP contribution in [0.4, 0.5) is 10.5 Å². The van der Waals surface area contributed by atoms with Gasteiger partial charge in [0.25, 0.3) is 5.91 Å². The largest absolute Gasteiger partial charge is 0.508 e. The predicted octanol–water partition coefficient (Wildman–Crippen LogP) is 7.80. The minimum absolute atomic E-state index is 0.0719. The van der Waals surface area contributed by atoms with Crippen molar-refractivity contribution < 1.29 is 24.2 Å². The maximum Gasteiger partial charge on any atom is 0.408 e. The van der Waals surface area contributed by atoms with Gasteiger partial charge in [0.05, 0.1) is 10.7 Å². The fourth-order valence-corrected chi connectivity index (χ4v) is 5.46. The second-order valence-electron chi connectivity index (χ2n) is 13.2. The number of hydrogen-bond donors (Lipinski definition) is 3. The van der Waals surface area contributed by atoms with Crippen LogP contribution in [0.15, 0.2) is 66.7 Å². The molecule has 3 atom stereocenters. The molecule has 0 fully saturated rings. The zero-order chi connectivity index (χ0) is 34.9. The predicted molar refractivity (Wildman–Crippen MR) is 187 cm³/mol. The van der Waals surface area contributed by atoms with Gasteiger partial charge in [0.1, 0.15) is 23.4 Å². The number of phenols is 1. The normalized spacial score (nSPS) is 13.2. The van der Waals surface area contributed by atoms with E-state index in [-0.39, 0.29) is 12.2 Å². The fraction of sp³-hybridized carbons (Fsp3) is 0.395. The summed E-state index contributed by atoms with van der Waals surface area (Å²) in [5, 5.41) is 16.0. The van der Waals surface area contributed by atoms with E-state index in [0.717, 1.165) is 12.0 Å². The molecule has 0 radical (unpaired) electrons. The van der Waals surface area contributed by atoms with Crippen LogP contribution >= 0.6 is 11.6 Å². The number of amides is 3. The van der Waals surface area contributed by atoms with Crippen LogP contribution in [0.25, 0.3) is 0 Å². The van der Waals surface area contributed by atoms with E-state index in [0.29, 0.717) is 39.7 Å². The molecule has 3 rings (SSSR count). The maximum atomic E-state index is 14.9. The van der Waals surface area contributed by atoms with Gasteiger partial charge in [0.2, 0.25) is 5.91 Å². The first-order valence-electron chi connectivity index (χ1n) is 15.8. The Morgan fingerprint density at radius 2 is 1.62 bits per heavy atom. The molecule has 0 aliphatic heterocycles. The summed E-state index contributed by atoms with van der Waals surface area (Å²) in [7, 11) is 0. The first-order chi connectivity index (χ1) is 22.1. The fourth-order valence-electron chi connectivity index (χ4n) is 5.19. The lowest BCUT2D eigenvalue weighted by atomic mass is 9.95. The van der Waals surface area contributed by atoms with E-state index in [1.165, 1.54) is 12.1 Å². The zero-order valence-electron chi connectivity index (χ0n) is 28.3. The number of hydrogen-bond acceptors (Lipinski definition) is 5. The summed E-state index contributed by atoms with van der Waals surface area (Å²) in [6.45, 7) is 13.1. The Labute approximate surface area is 283 Å². The number of ether oxygens (including phenoxy) is 1. The average molecular weight is 660 g/mol. The number of alkyl carbamates (subject to hydrolysis) is 1. The number of rotatable bonds is 12. The van der Waals surface area contributed by atoms with Crippen LogP contribution in [0.5, 0.6) is 5.75 Å². The smallest absolute Gasteiger partial charge is 0.408 e. The lowest BCUT2D eigenvalue weighted by Crippen LogP contribution is -2.55. The van der Waals surface area contributed by atoms with Gasteiger partial charge in [-0.1, -0.05) is 67.8 Å². The Hall–Kier alpha value is -4.48. The molecule has 3 N–H and O–H groups in total. The molecule has 3 aromatic rings. The molecule has 0 saturated heterocycles. The number of aryl methyl sites for hydroxylation is 1. The van der Waals surface area contributed by atoms with Crippen LogP contribution in [-0.2, 0) is 20.7 Å². The van der Waals surface area contributed by atoms with Gasteiger partial charge >= 0.3 is 6.09 Å². The first kappa shape index (κ1) is 37.0. The summed E-state index contributed by atoms with van der Waals surface area (Å²) in [6, 6.07) is 16.0. The highest BCUT2D eigenvalue weighted by molar-refractivity contribution is 6.34. The number of terminal acetylenes is 1. The van der Waals surface area contributed by atoms with E-state index in [1.807, 2.05) is 19.9 Å². The summed E-state index contributed by atoms with van der Waals surface area (Å²) in [5.41, 5.74) is 2.25. The Kier molecular flexibility index (Phi) is 12.9. The van der Waals surface area contributed by atoms with Gasteiger partial charge in [0.15, 0.2) is 0 Å². The number of nitrogens with one attached hydrogen (secondary N) is 2. The Bertz CT molecular complexity index is 1550. The number of para-hydroxylation sites is 1. The highest BCUT2D eigenvalue weighted by Gasteiger charge is 2.39. The van der Waals surface area contributed by atoms with Crippen LogP contribution in [0, 0.1) is 25.2 Å². The number of halogens is 1. The average Bonchev–Trinajstić information content (AvgIpc) is 3.00. The molecule has 0 heterocycles. The molecule has 8 nitrogen and oxygen atoms in total. The van der Waals surface area contributed by atoms with Crippen molar-refractivity contribution in [2.24, 2.45) is 5.92 Å². The molecule has 9 heteroatoms. The third kappa shape index (κ3) is 10.8. The van der Waals surface area contributed by atoms with Crippen molar-refractivity contribution in [3.63, 3.8) is 0 Å². The number of carbonyl (C=O) groups is 3. The summed E-state index contributed by atoms with van der Waals surface area (Å²) >= 11 is 6.52. The molecule has 3 amide bonds. The number of nitrogens with zero attached hydrogens (tertiary/aromatic N) is 1. The molecule has 0 aliphatic carbocycles. The van der Waals surface area contributed by atoms with Crippen molar-refractivity contribution in [2.75, 3.05) is 5.32 Å². The molecular formula is C38H46ClN3O5. The van der Waals surface area contributed by atoms with Gasteiger partial charge in [-0.25, -0.2) is 4.79 Å². The van der Waals surface area contributed by atoms with E-state index in [4.69, 9.17) is 22.8 Å². The number of benzene rings is 3. The second kappa shape index (κ2) is 16.4. The van der Waals surface area contributed by atoms with Crippen LogP contribution < -0.4 is 10.6 Å². The summed E-state index contributed by atoms with van der Waals surface area (Å²) in [5.74, 6) is 2.06. The molecule has 47 heavy (non-hydrogen) atoms. The molecule has 0 bridgehead atoms. The zero-order valence-corrected chi connectivity index (χ0v) is 29.0. The molecule has 3 unspecified atom stereocenters. The number of carbonyl (C=O) groups excluding carboxylic acids is 3. The number of aromatic hydroxyl groups is 1. The first-order valence-corrected chi connectivity index (χ1v) is 16.2. The topological polar surface area (TPSA) is 108 Å². The molecule has 0 saturated carbocycles. The summed E-state index contributed by atoms with van der Waals surface area (Å²) < 4.78 is 5.54. The summed E-state index contributed by atoms with van der Waals surface area (Å²) in [4.78, 5) is 44.0. The molecule has 250 valence electrons. The van der Waals surface area contributed by atoms with Gasteiger partial charge in [-0.05, 0) is 100 Å². The van der Waals surface area contributed by atoms with E-state index >= 15 is 0 Å². The van der Waals surface area contributed by atoms with E-state index < -0.39 is 41.6 Å². The summed E-state index contributed by atoms with van der Waals surface area (Å²) in [6.07, 6.45) is 6.34. The molecule has 0 spiro atoms. The highest BCUT2D eigenvalue weighted by atomic mass is 35.5. The van der Waals surface area contributed by atoms with Crippen molar-refractivity contribution in [3.05, 3.63) is 94.0 Å². The van der Waals surface area contributed by atoms with Crippen molar-refractivity contribution >= 4 is 35.2 Å². The quantitative estimate of drug-likeness (QED) is 0.172. The van der Waals surface area contributed by atoms with Gasteiger partial charge in [-0.15, -0.1) is 6.42 Å². The van der Waals surface area contributed by atoms with Crippen LogP contribution in [0.3, 0.4) is 0 Å². The minimum Gasteiger partial charge on any atom is -0.508 e. The van der Waals surface area contributed by atoms with Crippen LogP contribution in [-0.4, -0.2) is 45.6 Å². The third-order valence-corrected chi connectivity index (χ3v) is 7.96. The third-order valence-electron chi connectivity index (χ3n) is 7.65. The molecule has 0 aliphatic rings. The van der Waals surface area contributed by atoms with Gasteiger partial charge in [0, 0.05) is 18.0 Å². The van der Waals surface area contributed by atoms with E-state index in [2.05, 4.69) is 30.4 Å². The van der Waals surface area contributed by atoms with Gasteiger partial charge < -0.3 is 25.4 Å². The second-order valence-corrected chi connectivity index (χ2v) is 13.6. The molecule has 3 aromatic carbocycles. The monoisotopic (exact) mass is 659 g/mol. The van der Waals surface area contributed by atoms with E-state index in [1.54, 1.807) is 74.2 Å². The Balaban J connectivity index is 2.18. The van der Waals surface area contributed by atoms with Crippen molar-refractivity contribution in [1.82, 2.24) is 10.2 Å². The van der Waals surface area contributed by atoms with E-state index in [9.17, 15) is 19.5 Å². The van der Waals surface area contributed by atoms with Gasteiger partial charge in [-0.3, -0.25) is 9.59 Å². The van der Waals surface area contributed by atoms with Crippen molar-refractivity contribution in [1.29, 1.82) is 0 Å².